The number of pyridine rings is 1. The van der Waals surface area contributed by atoms with Gasteiger partial charge in [-0.2, -0.15) is 0 Å². The Balaban J connectivity index is 3.08. The number of anilines is 1. The lowest BCUT2D eigenvalue weighted by atomic mass is 10.4. The highest BCUT2D eigenvalue weighted by Crippen LogP contribution is 2.21. The molecule has 0 aliphatic rings. The van der Waals surface area contributed by atoms with Gasteiger partial charge in [0.1, 0.15) is 0 Å². The van der Waals surface area contributed by atoms with Gasteiger partial charge >= 0.3 is 0 Å². The average molecular weight is 333 g/mol. The Morgan fingerprint density at radius 2 is 2.23 bits per heavy atom. The summed E-state index contributed by atoms with van der Waals surface area (Å²) in [6.07, 6.45) is 2.61. The van der Waals surface area contributed by atoms with Gasteiger partial charge in [-0.05, 0) is 28.7 Å². The first kappa shape index (κ1) is 11.0. The predicted octanol–water partition coefficient (Wildman–Crippen LogP) is 1.71. The molecule has 0 bridgehead atoms. The van der Waals surface area contributed by atoms with Crippen LogP contribution in [0.2, 0.25) is 5.15 Å². The van der Waals surface area contributed by atoms with Crippen molar-refractivity contribution >= 4 is 49.9 Å². The van der Waals surface area contributed by atoms with Gasteiger partial charge in [0.15, 0.2) is 5.15 Å². The molecule has 0 aliphatic heterocycles. The smallest absolute Gasteiger partial charge is 0.229 e. The third kappa shape index (κ3) is 3.65. The molecule has 0 amide bonds. The second kappa shape index (κ2) is 3.97. The van der Waals surface area contributed by atoms with Crippen LogP contribution in [-0.4, -0.2) is 19.7 Å². The highest BCUT2D eigenvalue weighted by molar-refractivity contribution is 14.1. The molecule has 1 N–H and O–H groups in total. The molecule has 1 heterocycles. The molecule has 72 valence electrons. The molecule has 0 spiro atoms. The van der Waals surface area contributed by atoms with Crippen LogP contribution in [0.15, 0.2) is 12.3 Å². The van der Waals surface area contributed by atoms with Crippen LogP contribution in [0.1, 0.15) is 0 Å². The van der Waals surface area contributed by atoms with Gasteiger partial charge in [-0.1, -0.05) is 11.6 Å². The zero-order valence-electron chi connectivity index (χ0n) is 6.58. The topological polar surface area (TPSA) is 59.1 Å². The first-order valence-corrected chi connectivity index (χ1v) is 6.52. The molecule has 0 atom stereocenters. The Morgan fingerprint density at radius 1 is 1.62 bits per heavy atom. The molecular formula is C6H6ClIN2O2S. The fourth-order valence-corrected chi connectivity index (χ4v) is 1.91. The van der Waals surface area contributed by atoms with E-state index in [2.05, 4.69) is 9.71 Å². The summed E-state index contributed by atoms with van der Waals surface area (Å²) >= 11 is 7.68. The summed E-state index contributed by atoms with van der Waals surface area (Å²) in [5.41, 5.74) is 0.302. The zero-order valence-corrected chi connectivity index (χ0v) is 10.3. The number of sulfonamides is 1. The highest BCUT2D eigenvalue weighted by atomic mass is 127. The Labute approximate surface area is 94.9 Å². The van der Waals surface area contributed by atoms with Gasteiger partial charge in [0.05, 0.1) is 11.9 Å². The van der Waals surface area contributed by atoms with Gasteiger partial charge in [0.2, 0.25) is 10.0 Å². The number of rotatable bonds is 2. The first-order valence-electron chi connectivity index (χ1n) is 3.17. The number of hydrogen-bond acceptors (Lipinski definition) is 3. The third-order valence-corrected chi connectivity index (χ3v) is 2.58. The second-order valence-electron chi connectivity index (χ2n) is 2.37. The van der Waals surface area contributed by atoms with Gasteiger partial charge in [-0.25, -0.2) is 13.4 Å². The van der Waals surface area contributed by atoms with Gasteiger partial charge in [-0.15, -0.1) is 0 Å². The number of nitrogens with one attached hydrogen (secondary N) is 1. The van der Waals surface area contributed by atoms with E-state index in [0.717, 1.165) is 9.83 Å². The molecule has 0 fully saturated rings. The van der Waals surface area contributed by atoms with Crippen LogP contribution >= 0.6 is 34.2 Å². The molecule has 0 unspecified atom stereocenters. The quantitative estimate of drug-likeness (QED) is 0.662. The Morgan fingerprint density at radius 3 is 2.77 bits per heavy atom. The van der Waals surface area contributed by atoms with Crippen molar-refractivity contribution in [2.24, 2.45) is 0 Å². The fraction of sp³-hybridized carbons (Fsp3) is 0.167. The largest absolute Gasteiger partial charge is 0.281 e. The molecule has 0 radical (unpaired) electrons. The van der Waals surface area contributed by atoms with Crippen LogP contribution in [0, 0.1) is 3.57 Å². The maximum atomic E-state index is 10.9. The van der Waals surface area contributed by atoms with Gasteiger partial charge in [-0.3, -0.25) is 4.72 Å². The number of halogens is 2. The minimum absolute atomic E-state index is 0.144. The van der Waals surface area contributed by atoms with Crippen LogP contribution in [0.25, 0.3) is 0 Å². The van der Waals surface area contributed by atoms with Crippen molar-refractivity contribution in [2.45, 2.75) is 0 Å². The van der Waals surface area contributed by atoms with E-state index >= 15 is 0 Å². The second-order valence-corrected chi connectivity index (χ2v) is 5.72. The maximum absolute atomic E-state index is 10.9. The molecule has 4 nitrogen and oxygen atoms in total. The summed E-state index contributed by atoms with van der Waals surface area (Å²) < 4.78 is 24.8. The molecule has 13 heavy (non-hydrogen) atoms. The molecule has 7 heteroatoms. The third-order valence-electron chi connectivity index (χ3n) is 1.10. The molecule has 0 aliphatic carbocycles. The van der Waals surface area contributed by atoms with Crippen molar-refractivity contribution in [2.75, 3.05) is 11.0 Å². The number of nitrogens with zero attached hydrogens (tertiary/aromatic N) is 1. The van der Waals surface area contributed by atoms with Gasteiger partial charge < -0.3 is 0 Å². The van der Waals surface area contributed by atoms with Crippen LogP contribution < -0.4 is 4.72 Å². The van der Waals surface area contributed by atoms with E-state index in [0.29, 0.717) is 5.69 Å². The lowest BCUT2D eigenvalue weighted by Crippen LogP contribution is -2.10. The molecular weight excluding hydrogens is 327 g/mol. The van der Waals surface area contributed by atoms with Crippen molar-refractivity contribution in [3.8, 4) is 0 Å². The summed E-state index contributed by atoms with van der Waals surface area (Å²) in [7, 11) is -3.29. The number of aromatic nitrogens is 1. The Kier molecular flexibility index (Phi) is 3.36. The van der Waals surface area contributed by atoms with E-state index in [-0.39, 0.29) is 5.15 Å². The molecule has 1 aromatic rings. The van der Waals surface area contributed by atoms with E-state index in [9.17, 15) is 8.42 Å². The van der Waals surface area contributed by atoms with E-state index < -0.39 is 10.0 Å². The van der Waals surface area contributed by atoms with E-state index in [1.807, 2.05) is 22.6 Å². The van der Waals surface area contributed by atoms with Crippen molar-refractivity contribution in [3.05, 3.63) is 21.0 Å². The Hall–Kier alpha value is -0.0800. The SMILES string of the molecule is CS(=O)(=O)Nc1cc(I)cnc1Cl. The normalized spacial score (nSPS) is 11.3. The van der Waals surface area contributed by atoms with Crippen LogP contribution in [-0.2, 0) is 10.0 Å². The van der Waals surface area contributed by atoms with E-state index in [1.54, 1.807) is 12.3 Å². The zero-order chi connectivity index (χ0) is 10.1. The lowest BCUT2D eigenvalue weighted by Gasteiger charge is -2.04. The van der Waals surface area contributed by atoms with E-state index in [1.165, 1.54) is 0 Å². The Bertz CT molecular complexity index is 421. The summed E-state index contributed by atoms with van der Waals surface area (Å²) in [5, 5.41) is 0.144. The number of hydrogen-bond donors (Lipinski definition) is 1. The monoisotopic (exact) mass is 332 g/mol. The molecule has 1 rings (SSSR count). The first-order chi connectivity index (χ1) is 5.88. The lowest BCUT2D eigenvalue weighted by molar-refractivity contribution is 0.607. The molecule has 1 aromatic heterocycles. The van der Waals surface area contributed by atoms with Crippen molar-refractivity contribution in [1.82, 2.24) is 4.98 Å². The van der Waals surface area contributed by atoms with Crippen molar-refractivity contribution in [1.29, 1.82) is 0 Å². The summed E-state index contributed by atoms with van der Waals surface area (Å²) in [5.74, 6) is 0. The van der Waals surface area contributed by atoms with Crippen LogP contribution in [0.5, 0.6) is 0 Å². The highest BCUT2D eigenvalue weighted by Gasteiger charge is 2.07. The summed E-state index contributed by atoms with van der Waals surface area (Å²) in [6.45, 7) is 0. The molecule has 0 aromatic carbocycles. The average Bonchev–Trinajstić information content (AvgIpc) is 1.94. The maximum Gasteiger partial charge on any atom is 0.229 e. The van der Waals surface area contributed by atoms with Crippen molar-refractivity contribution in [3.63, 3.8) is 0 Å². The fourth-order valence-electron chi connectivity index (χ4n) is 0.694. The summed E-state index contributed by atoms with van der Waals surface area (Å²) in [4.78, 5) is 3.79. The van der Waals surface area contributed by atoms with Gasteiger partial charge in [0.25, 0.3) is 0 Å². The summed E-state index contributed by atoms with van der Waals surface area (Å²) in [6, 6.07) is 1.61. The minimum atomic E-state index is -3.29. The minimum Gasteiger partial charge on any atom is -0.281 e. The molecule has 0 saturated carbocycles. The van der Waals surface area contributed by atoms with Gasteiger partial charge in [0, 0.05) is 9.77 Å². The van der Waals surface area contributed by atoms with E-state index in [4.69, 9.17) is 11.6 Å². The van der Waals surface area contributed by atoms with Crippen molar-refractivity contribution < 1.29 is 8.42 Å². The predicted molar refractivity (Wildman–Crippen MR) is 60.4 cm³/mol. The van der Waals surface area contributed by atoms with Crippen LogP contribution in [0.4, 0.5) is 5.69 Å². The standard InChI is InChI=1S/C6H6ClIN2O2S/c1-13(11,12)10-5-2-4(8)3-9-6(5)7/h2-3,10H,1H3. The van der Waals surface area contributed by atoms with Crippen LogP contribution in [0.3, 0.4) is 0 Å². The molecule has 0 saturated heterocycles.